The highest BCUT2D eigenvalue weighted by atomic mass is 16.1. The first kappa shape index (κ1) is 16.6. The molecular formula is C18H25N5O. The van der Waals surface area contributed by atoms with E-state index in [0.717, 1.165) is 44.0 Å². The summed E-state index contributed by atoms with van der Waals surface area (Å²) in [5.41, 5.74) is 2.22. The molecule has 1 amide bonds. The van der Waals surface area contributed by atoms with Gasteiger partial charge in [-0.15, -0.1) is 0 Å². The minimum Gasteiger partial charge on any atom is -0.352 e. The molecule has 1 aliphatic heterocycles. The molecule has 1 fully saturated rings. The second kappa shape index (κ2) is 7.57. The van der Waals surface area contributed by atoms with Crippen LogP contribution in [0.4, 0.5) is 0 Å². The van der Waals surface area contributed by atoms with Crippen LogP contribution in [-0.2, 0) is 0 Å². The quantitative estimate of drug-likeness (QED) is 0.853. The highest BCUT2D eigenvalue weighted by Gasteiger charge is 2.23. The molecule has 2 aromatic heterocycles. The number of hydrogen-bond acceptors (Lipinski definition) is 4. The van der Waals surface area contributed by atoms with Crippen LogP contribution in [-0.4, -0.2) is 52.2 Å². The SMILES string of the molecule is CC(C)CN1CC[C@H](CNC(=O)c2ccc(-c3ccn[nH]3)nc2)C1. The first-order chi connectivity index (χ1) is 11.6. The molecule has 0 unspecified atom stereocenters. The standard InChI is InChI=1S/C18H25N5O/c1-13(2)11-23-8-6-14(12-23)9-20-18(24)15-3-4-16(19-10-15)17-5-7-21-22-17/h3-5,7,10,13-14H,6,8-9,11-12H2,1-2H3,(H,20,24)(H,21,22)/t14-/m1/s1. The van der Waals surface area contributed by atoms with E-state index in [1.54, 1.807) is 18.5 Å². The summed E-state index contributed by atoms with van der Waals surface area (Å²) in [6.45, 7) is 8.58. The van der Waals surface area contributed by atoms with E-state index in [1.165, 1.54) is 0 Å². The molecule has 6 nitrogen and oxygen atoms in total. The van der Waals surface area contributed by atoms with Crippen LogP contribution in [0.5, 0.6) is 0 Å². The number of amides is 1. The van der Waals surface area contributed by atoms with E-state index in [2.05, 4.69) is 39.2 Å². The molecule has 0 radical (unpaired) electrons. The van der Waals surface area contributed by atoms with Crippen LogP contribution in [0.2, 0.25) is 0 Å². The Hall–Kier alpha value is -2.21. The van der Waals surface area contributed by atoms with E-state index in [1.807, 2.05) is 12.1 Å². The highest BCUT2D eigenvalue weighted by Crippen LogP contribution is 2.17. The summed E-state index contributed by atoms with van der Waals surface area (Å²) in [5, 5.41) is 9.81. The summed E-state index contributed by atoms with van der Waals surface area (Å²) in [4.78, 5) is 19.1. The fourth-order valence-corrected chi connectivity index (χ4v) is 3.19. The highest BCUT2D eigenvalue weighted by molar-refractivity contribution is 5.94. The first-order valence-corrected chi connectivity index (χ1v) is 8.58. The third-order valence-electron chi connectivity index (χ3n) is 4.35. The Morgan fingerprint density at radius 3 is 2.96 bits per heavy atom. The normalized spacial score (nSPS) is 18.2. The van der Waals surface area contributed by atoms with E-state index in [0.29, 0.717) is 17.4 Å². The van der Waals surface area contributed by atoms with Gasteiger partial charge in [-0.1, -0.05) is 13.8 Å². The third kappa shape index (κ3) is 4.20. The minimum absolute atomic E-state index is 0.0547. The molecule has 3 rings (SSSR count). The number of carbonyl (C=O) groups excluding carboxylic acids is 1. The number of aromatic nitrogens is 3. The first-order valence-electron chi connectivity index (χ1n) is 8.58. The zero-order valence-electron chi connectivity index (χ0n) is 14.3. The van der Waals surface area contributed by atoms with Crippen molar-refractivity contribution in [1.29, 1.82) is 0 Å². The summed E-state index contributed by atoms with van der Waals surface area (Å²) in [7, 11) is 0. The van der Waals surface area contributed by atoms with Gasteiger partial charge in [0, 0.05) is 32.0 Å². The van der Waals surface area contributed by atoms with Crippen molar-refractivity contribution in [3.8, 4) is 11.4 Å². The molecule has 2 aromatic rings. The van der Waals surface area contributed by atoms with Gasteiger partial charge in [-0.25, -0.2) is 0 Å². The van der Waals surface area contributed by atoms with Gasteiger partial charge in [-0.3, -0.25) is 14.9 Å². The number of nitrogens with one attached hydrogen (secondary N) is 2. The van der Waals surface area contributed by atoms with Crippen LogP contribution in [0.1, 0.15) is 30.6 Å². The Kier molecular flexibility index (Phi) is 5.25. The van der Waals surface area contributed by atoms with Crippen LogP contribution >= 0.6 is 0 Å². The van der Waals surface area contributed by atoms with Gasteiger partial charge in [0.25, 0.3) is 5.91 Å². The molecule has 0 aromatic carbocycles. The molecule has 0 bridgehead atoms. The Morgan fingerprint density at radius 2 is 2.29 bits per heavy atom. The van der Waals surface area contributed by atoms with Crippen LogP contribution < -0.4 is 5.32 Å². The number of likely N-dealkylation sites (tertiary alicyclic amines) is 1. The molecule has 1 saturated heterocycles. The van der Waals surface area contributed by atoms with Gasteiger partial charge in [0.1, 0.15) is 0 Å². The Balaban J connectivity index is 1.49. The van der Waals surface area contributed by atoms with Crippen molar-refractivity contribution in [2.75, 3.05) is 26.2 Å². The van der Waals surface area contributed by atoms with Crippen LogP contribution in [0.15, 0.2) is 30.6 Å². The zero-order chi connectivity index (χ0) is 16.9. The summed E-state index contributed by atoms with van der Waals surface area (Å²) >= 11 is 0. The average molecular weight is 327 g/mol. The third-order valence-corrected chi connectivity index (χ3v) is 4.35. The molecule has 2 N–H and O–H groups in total. The van der Waals surface area contributed by atoms with Gasteiger partial charge in [-0.2, -0.15) is 5.10 Å². The lowest BCUT2D eigenvalue weighted by atomic mass is 10.1. The smallest absolute Gasteiger partial charge is 0.252 e. The van der Waals surface area contributed by atoms with E-state index >= 15 is 0 Å². The van der Waals surface area contributed by atoms with E-state index in [-0.39, 0.29) is 5.91 Å². The Morgan fingerprint density at radius 1 is 1.42 bits per heavy atom. The van der Waals surface area contributed by atoms with Crippen molar-refractivity contribution in [2.24, 2.45) is 11.8 Å². The fraction of sp³-hybridized carbons (Fsp3) is 0.500. The van der Waals surface area contributed by atoms with Gasteiger partial charge in [0.2, 0.25) is 0 Å². The lowest BCUT2D eigenvalue weighted by Crippen LogP contribution is -2.31. The van der Waals surface area contributed by atoms with Crippen LogP contribution in [0.3, 0.4) is 0 Å². The molecule has 128 valence electrons. The average Bonchev–Trinajstić information content (AvgIpc) is 3.24. The van der Waals surface area contributed by atoms with E-state index < -0.39 is 0 Å². The van der Waals surface area contributed by atoms with E-state index in [9.17, 15) is 4.79 Å². The number of carbonyl (C=O) groups is 1. The summed E-state index contributed by atoms with van der Waals surface area (Å²) < 4.78 is 0. The second-order valence-electron chi connectivity index (χ2n) is 6.92. The summed E-state index contributed by atoms with van der Waals surface area (Å²) in [5.74, 6) is 1.18. The van der Waals surface area contributed by atoms with Crippen molar-refractivity contribution in [2.45, 2.75) is 20.3 Å². The molecule has 0 aliphatic carbocycles. The van der Waals surface area contributed by atoms with Crippen molar-refractivity contribution >= 4 is 5.91 Å². The van der Waals surface area contributed by atoms with E-state index in [4.69, 9.17) is 0 Å². The van der Waals surface area contributed by atoms with Crippen molar-refractivity contribution < 1.29 is 4.79 Å². The molecule has 0 saturated carbocycles. The lowest BCUT2D eigenvalue weighted by Gasteiger charge is -2.18. The number of pyridine rings is 1. The molecule has 0 spiro atoms. The van der Waals surface area contributed by atoms with Gasteiger partial charge in [0.15, 0.2) is 0 Å². The van der Waals surface area contributed by atoms with Crippen LogP contribution in [0, 0.1) is 11.8 Å². The van der Waals surface area contributed by atoms with Gasteiger partial charge < -0.3 is 10.2 Å². The van der Waals surface area contributed by atoms with Crippen molar-refractivity contribution in [3.05, 3.63) is 36.2 Å². The maximum Gasteiger partial charge on any atom is 0.252 e. The zero-order valence-corrected chi connectivity index (χ0v) is 14.3. The predicted octanol–water partition coefficient (Wildman–Crippen LogP) is 2.18. The number of nitrogens with zero attached hydrogens (tertiary/aromatic N) is 3. The number of aromatic amines is 1. The monoisotopic (exact) mass is 327 g/mol. The second-order valence-corrected chi connectivity index (χ2v) is 6.92. The molecule has 1 aliphatic rings. The number of H-pyrrole nitrogens is 1. The minimum atomic E-state index is -0.0547. The topological polar surface area (TPSA) is 73.9 Å². The Labute approximate surface area is 142 Å². The maximum absolute atomic E-state index is 12.3. The van der Waals surface area contributed by atoms with Gasteiger partial charge >= 0.3 is 0 Å². The van der Waals surface area contributed by atoms with Crippen LogP contribution in [0.25, 0.3) is 11.4 Å². The predicted molar refractivity (Wildman–Crippen MR) is 93.5 cm³/mol. The molecule has 6 heteroatoms. The molecule has 3 heterocycles. The largest absolute Gasteiger partial charge is 0.352 e. The summed E-state index contributed by atoms with van der Waals surface area (Å²) in [6.07, 6.45) is 4.46. The molecule has 24 heavy (non-hydrogen) atoms. The summed E-state index contributed by atoms with van der Waals surface area (Å²) in [6, 6.07) is 5.49. The molecule has 1 atom stereocenters. The van der Waals surface area contributed by atoms with Crippen molar-refractivity contribution in [3.63, 3.8) is 0 Å². The molecular weight excluding hydrogens is 302 g/mol. The van der Waals surface area contributed by atoms with Gasteiger partial charge in [0.05, 0.1) is 17.0 Å². The Bertz CT molecular complexity index is 651. The number of rotatable bonds is 6. The maximum atomic E-state index is 12.3. The van der Waals surface area contributed by atoms with Crippen molar-refractivity contribution in [1.82, 2.24) is 25.4 Å². The van der Waals surface area contributed by atoms with Gasteiger partial charge in [-0.05, 0) is 43.0 Å². The number of hydrogen-bond donors (Lipinski definition) is 2. The lowest BCUT2D eigenvalue weighted by molar-refractivity contribution is 0.0947. The fourth-order valence-electron chi connectivity index (χ4n) is 3.19.